The lowest BCUT2D eigenvalue weighted by Gasteiger charge is -2.18. The summed E-state index contributed by atoms with van der Waals surface area (Å²) >= 11 is 1.37. The second-order valence-corrected chi connectivity index (χ2v) is 4.48. The number of benzene rings is 1. The minimum Gasteiger partial charge on any atom is -0.369 e. The van der Waals surface area contributed by atoms with Crippen LogP contribution in [0.1, 0.15) is 11.3 Å². The summed E-state index contributed by atoms with van der Waals surface area (Å²) in [5, 5.41) is 1.86. The van der Waals surface area contributed by atoms with Gasteiger partial charge in [0.2, 0.25) is 0 Å². The molecule has 0 spiro atoms. The van der Waals surface area contributed by atoms with Crippen molar-refractivity contribution in [3.8, 4) is 0 Å². The number of anilines is 1. The summed E-state index contributed by atoms with van der Waals surface area (Å²) in [5.41, 5.74) is 3.66. The van der Waals surface area contributed by atoms with Gasteiger partial charge in [0.05, 0.1) is 17.8 Å². The van der Waals surface area contributed by atoms with Crippen LogP contribution in [0.15, 0.2) is 29.6 Å². The highest BCUT2D eigenvalue weighted by atomic mass is 32.1. The van der Waals surface area contributed by atoms with Gasteiger partial charge in [-0.25, -0.2) is 4.98 Å². The average Bonchev–Trinajstić information content (AvgIpc) is 2.81. The number of aromatic nitrogens is 1. The van der Waals surface area contributed by atoms with Gasteiger partial charge in [0, 0.05) is 18.1 Å². The zero-order valence-corrected chi connectivity index (χ0v) is 10.3. The smallest absolute Gasteiger partial charge is 0.369 e. The highest BCUT2D eigenvalue weighted by Crippen LogP contribution is 2.30. The lowest BCUT2D eigenvalue weighted by Crippen LogP contribution is -2.16. The van der Waals surface area contributed by atoms with Gasteiger partial charge in [0.25, 0.3) is 0 Å². The fourth-order valence-electron chi connectivity index (χ4n) is 1.52. The van der Waals surface area contributed by atoms with E-state index in [1.165, 1.54) is 23.5 Å². The predicted octanol–water partition coefficient (Wildman–Crippen LogP) is 3.60. The number of rotatable bonds is 3. The minimum atomic E-state index is -4.29. The molecule has 0 aliphatic rings. The van der Waals surface area contributed by atoms with Crippen LogP contribution in [-0.2, 0) is 12.7 Å². The zero-order valence-electron chi connectivity index (χ0n) is 9.53. The van der Waals surface area contributed by atoms with Crippen LogP contribution in [0, 0.1) is 5.51 Å². The SMILES string of the molecule is CN(Cc1cs[c]n1)c1ccc(C(F)(F)F)cc1. The van der Waals surface area contributed by atoms with E-state index in [2.05, 4.69) is 10.5 Å². The summed E-state index contributed by atoms with van der Waals surface area (Å²) in [6.07, 6.45) is -4.29. The molecule has 0 N–H and O–H groups in total. The molecule has 0 bridgehead atoms. The fraction of sp³-hybridized carbons (Fsp3) is 0.250. The van der Waals surface area contributed by atoms with Crippen molar-refractivity contribution in [1.82, 2.24) is 4.98 Å². The minimum absolute atomic E-state index is 0.547. The molecular weight excluding hydrogens is 261 g/mol. The molecule has 1 heterocycles. The van der Waals surface area contributed by atoms with Gasteiger partial charge in [-0.1, -0.05) is 0 Å². The zero-order chi connectivity index (χ0) is 13.2. The molecule has 6 heteroatoms. The fourth-order valence-corrected chi connectivity index (χ4v) is 2.00. The van der Waals surface area contributed by atoms with Crippen molar-refractivity contribution in [2.45, 2.75) is 12.7 Å². The lowest BCUT2D eigenvalue weighted by molar-refractivity contribution is -0.137. The third kappa shape index (κ3) is 3.01. The first-order valence-electron chi connectivity index (χ1n) is 5.15. The average molecular weight is 271 g/mol. The van der Waals surface area contributed by atoms with E-state index < -0.39 is 11.7 Å². The van der Waals surface area contributed by atoms with Crippen molar-refractivity contribution >= 4 is 17.0 Å². The van der Waals surface area contributed by atoms with Crippen molar-refractivity contribution in [3.05, 3.63) is 46.4 Å². The van der Waals surface area contributed by atoms with E-state index in [1.807, 2.05) is 17.3 Å². The van der Waals surface area contributed by atoms with Gasteiger partial charge >= 0.3 is 6.18 Å². The molecule has 95 valence electrons. The Balaban J connectivity index is 2.10. The van der Waals surface area contributed by atoms with Gasteiger partial charge in [-0.15, -0.1) is 11.3 Å². The Bertz CT molecular complexity index is 491. The molecule has 1 aromatic heterocycles. The molecule has 0 amide bonds. The molecule has 0 atom stereocenters. The number of thiazole rings is 1. The number of alkyl halides is 3. The topological polar surface area (TPSA) is 16.1 Å². The molecule has 2 aromatic rings. The van der Waals surface area contributed by atoms with E-state index in [0.717, 1.165) is 23.5 Å². The molecule has 0 saturated carbocycles. The quantitative estimate of drug-likeness (QED) is 0.848. The van der Waals surface area contributed by atoms with Gasteiger partial charge in [0.15, 0.2) is 5.51 Å². The van der Waals surface area contributed by atoms with E-state index in [0.29, 0.717) is 6.54 Å². The van der Waals surface area contributed by atoms with E-state index >= 15 is 0 Å². The van der Waals surface area contributed by atoms with Crippen LogP contribution >= 0.6 is 11.3 Å². The van der Waals surface area contributed by atoms with Crippen molar-refractivity contribution < 1.29 is 13.2 Å². The first-order valence-corrected chi connectivity index (χ1v) is 6.03. The summed E-state index contributed by atoms with van der Waals surface area (Å²) < 4.78 is 37.2. The van der Waals surface area contributed by atoms with Gasteiger partial charge < -0.3 is 4.90 Å². The number of hydrogen-bond acceptors (Lipinski definition) is 3. The number of nitrogens with zero attached hydrogens (tertiary/aromatic N) is 2. The molecule has 18 heavy (non-hydrogen) atoms. The van der Waals surface area contributed by atoms with Crippen LogP contribution in [0.5, 0.6) is 0 Å². The Morgan fingerprint density at radius 1 is 1.28 bits per heavy atom. The second-order valence-electron chi connectivity index (χ2n) is 3.83. The van der Waals surface area contributed by atoms with Gasteiger partial charge in [-0.3, -0.25) is 0 Å². The third-order valence-electron chi connectivity index (χ3n) is 2.47. The van der Waals surface area contributed by atoms with Crippen LogP contribution in [-0.4, -0.2) is 12.0 Å². The Hall–Kier alpha value is -1.56. The molecule has 0 aliphatic heterocycles. The highest BCUT2D eigenvalue weighted by Gasteiger charge is 2.30. The Kier molecular flexibility index (Phi) is 3.56. The standard InChI is InChI=1S/C12H10F3N2S/c1-17(6-10-7-18-8-16-10)11-4-2-9(3-5-11)12(13,14)15/h2-5,7H,6H2,1H3. The van der Waals surface area contributed by atoms with Crippen LogP contribution < -0.4 is 4.90 Å². The number of hydrogen-bond donors (Lipinski definition) is 0. The molecule has 1 radical (unpaired) electrons. The largest absolute Gasteiger partial charge is 0.416 e. The van der Waals surface area contributed by atoms with Crippen LogP contribution in [0.4, 0.5) is 18.9 Å². The maximum absolute atomic E-state index is 12.4. The summed E-state index contributed by atoms with van der Waals surface area (Å²) in [7, 11) is 1.81. The molecular formula is C12H10F3N2S. The van der Waals surface area contributed by atoms with E-state index in [9.17, 15) is 13.2 Å². The highest BCUT2D eigenvalue weighted by molar-refractivity contribution is 7.07. The molecule has 0 saturated heterocycles. The maximum atomic E-state index is 12.4. The van der Waals surface area contributed by atoms with Crippen LogP contribution in [0.25, 0.3) is 0 Å². The Morgan fingerprint density at radius 3 is 2.44 bits per heavy atom. The second kappa shape index (κ2) is 4.97. The normalized spacial score (nSPS) is 11.6. The van der Waals surface area contributed by atoms with Gasteiger partial charge in [0.1, 0.15) is 0 Å². The van der Waals surface area contributed by atoms with Gasteiger partial charge in [-0.05, 0) is 24.3 Å². The van der Waals surface area contributed by atoms with Crippen LogP contribution in [0.2, 0.25) is 0 Å². The van der Waals surface area contributed by atoms with Gasteiger partial charge in [-0.2, -0.15) is 13.2 Å². The number of halogens is 3. The van der Waals surface area contributed by atoms with Crippen molar-refractivity contribution in [2.24, 2.45) is 0 Å². The van der Waals surface area contributed by atoms with E-state index in [4.69, 9.17) is 0 Å². The molecule has 0 fully saturated rings. The lowest BCUT2D eigenvalue weighted by atomic mass is 10.2. The molecule has 0 aliphatic carbocycles. The maximum Gasteiger partial charge on any atom is 0.416 e. The van der Waals surface area contributed by atoms with Crippen molar-refractivity contribution in [2.75, 3.05) is 11.9 Å². The predicted molar refractivity (Wildman–Crippen MR) is 64.5 cm³/mol. The van der Waals surface area contributed by atoms with Crippen LogP contribution in [0.3, 0.4) is 0 Å². The van der Waals surface area contributed by atoms with Crippen molar-refractivity contribution in [1.29, 1.82) is 0 Å². The molecule has 0 unspecified atom stereocenters. The van der Waals surface area contributed by atoms with E-state index in [1.54, 1.807) is 0 Å². The Labute approximate surface area is 107 Å². The summed E-state index contributed by atoms with van der Waals surface area (Å²) in [5.74, 6) is 0. The third-order valence-corrected chi connectivity index (χ3v) is 3.06. The van der Waals surface area contributed by atoms with Crippen molar-refractivity contribution in [3.63, 3.8) is 0 Å². The monoisotopic (exact) mass is 271 g/mol. The first kappa shape index (κ1) is 12.9. The Morgan fingerprint density at radius 2 is 1.94 bits per heavy atom. The first-order chi connectivity index (χ1) is 8.47. The molecule has 1 aromatic carbocycles. The summed E-state index contributed by atoms with van der Waals surface area (Å²) in [6, 6.07) is 5.08. The molecule has 2 rings (SSSR count). The summed E-state index contributed by atoms with van der Waals surface area (Å²) in [6.45, 7) is 0.547. The summed E-state index contributed by atoms with van der Waals surface area (Å²) in [4.78, 5) is 5.85. The molecule has 2 nitrogen and oxygen atoms in total. The van der Waals surface area contributed by atoms with E-state index in [-0.39, 0.29) is 0 Å².